The molecule has 3 rings (SSSR count). The Morgan fingerprint density at radius 3 is 2.88 bits per heavy atom. The molecule has 1 aromatic heterocycles. The van der Waals surface area contributed by atoms with Crippen molar-refractivity contribution in [1.29, 1.82) is 0 Å². The van der Waals surface area contributed by atoms with Crippen LogP contribution in [0.25, 0.3) is 0 Å². The fourth-order valence-electron chi connectivity index (χ4n) is 3.19. The zero-order valence-corrected chi connectivity index (χ0v) is 13.7. The van der Waals surface area contributed by atoms with Crippen LogP contribution in [0.15, 0.2) is 35.1 Å². The third-order valence-corrected chi connectivity index (χ3v) is 4.65. The third-order valence-electron chi connectivity index (χ3n) is 4.65. The SMILES string of the molecule is CCc1ocnc1C(=O)NCC1(c2cccc(F)c2)CCOCC1. The minimum Gasteiger partial charge on any atom is -0.448 e. The maximum atomic E-state index is 13.7. The van der Waals surface area contributed by atoms with Crippen molar-refractivity contribution in [2.75, 3.05) is 19.8 Å². The van der Waals surface area contributed by atoms with Crippen molar-refractivity contribution < 1.29 is 18.3 Å². The van der Waals surface area contributed by atoms with E-state index in [1.54, 1.807) is 12.1 Å². The summed E-state index contributed by atoms with van der Waals surface area (Å²) in [6.45, 7) is 3.51. The van der Waals surface area contributed by atoms with Gasteiger partial charge in [0.15, 0.2) is 12.1 Å². The van der Waals surface area contributed by atoms with Crippen LogP contribution in [0.5, 0.6) is 0 Å². The summed E-state index contributed by atoms with van der Waals surface area (Å²) in [6, 6.07) is 6.59. The monoisotopic (exact) mass is 332 g/mol. The number of aromatic nitrogens is 1. The van der Waals surface area contributed by atoms with E-state index in [-0.39, 0.29) is 17.1 Å². The lowest BCUT2D eigenvalue weighted by atomic mass is 9.74. The molecule has 1 aliphatic rings. The molecule has 1 N–H and O–H groups in total. The first kappa shape index (κ1) is 16.6. The lowest BCUT2D eigenvalue weighted by molar-refractivity contribution is 0.0485. The van der Waals surface area contributed by atoms with Gasteiger partial charge in [-0.05, 0) is 30.5 Å². The number of rotatable bonds is 5. The number of hydrogen-bond donors (Lipinski definition) is 1. The molecule has 2 aromatic rings. The van der Waals surface area contributed by atoms with Gasteiger partial charge in [0.1, 0.15) is 11.6 Å². The summed E-state index contributed by atoms with van der Waals surface area (Å²) in [5.41, 5.74) is 0.882. The highest BCUT2D eigenvalue weighted by atomic mass is 19.1. The predicted molar refractivity (Wildman–Crippen MR) is 86.3 cm³/mol. The number of benzene rings is 1. The van der Waals surface area contributed by atoms with Gasteiger partial charge in [0.25, 0.3) is 5.91 Å². The van der Waals surface area contributed by atoms with Crippen LogP contribution >= 0.6 is 0 Å². The smallest absolute Gasteiger partial charge is 0.273 e. The lowest BCUT2D eigenvalue weighted by Crippen LogP contribution is -2.44. The van der Waals surface area contributed by atoms with Crippen LogP contribution in [-0.2, 0) is 16.6 Å². The van der Waals surface area contributed by atoms with Crippen LogP contribution in [0.4, 0.5) is 4.39 Å². The number of ether oxygens (including phenoxy) is 1. The normalized spacial score (nSPS) is 16.8. The predicted octanol–water partition coefficient (Wildman–Crippen LogP) is 2.85. The van der Waals surface area contributed by atoms with Crippen molar-refractivity contribution >= 4 is 5.91 Å². The Kier molecular flexibility index (Phi) is 4.94. The fourth-order valence-corrected chi connectivity index (χ4v) is 3.19. The third kappa shape index (κ3) is 3.33. The summed E-state index contributed by atoms with van der Waals surface area (Å²) in [7, 11) is 0. The Hall–Kier alpha value is -2.21. The van der Waals surface area contributed by atoms with E-state index in [0.29, 0.717) is 37.6 Å². The molecule has 0 atom stereocenters. The van der Waals surface area contributed by atoms with Gasteiger partial charge in [0.2, 0.25) is 0 Å². The Labute approximate surface area is 140 Å². The molecule has 24 heavy (non-hydrogen) atoms. The number of carbonyl (C=O) groups excluding carboxylic acids is 1. The van der Waals surface area contributed by atoms with E-state index in [0.717, 1.165) is 18.4 Å². The summed E-state index contributed by atoms with van der Waals surface area (Å²) in [4.78, 5) is 16.4. The number of nitrogens with one attached hydrogen (secondary N) is 1. The molecule has 0 spiro atoms. The number of aryl methyl sites for hydroxylation is 1. The molecule has 0 saturated carbocycles. The second-order valence-electron chi connectivity index (χ2n) is 6.06. The van der Waals surface area contributed by atoms with Crippen LogP contribution in [0.3, 0.4) is 0 Å². The molecule has 128 valence electrons. The molecule has 1 aliphatic heterocycles. The van der Waals surface area contributed by atoms with E-state index in [2.05, 4.69) is 10.3 Å². The number of oxazole rings is 1. The van der Waals surface area contributed by atoms with Gasteiger partial charge in [-0.15, -0.1) is 0 Å². The number of hydrogen-bond acceptors (Lipinski definition) is 4. The molecule has 6 heteroatoms. The Morgan fingerprint density at radius 1 is 1.38 bits per heavy atom. The summed E-state index contributed by atoms with van der Waals surface area (Å²) >= 11 is 0. The maximum absolute atomic E-state index is 13.7. The molecule has 5 nitrogen and oxygen atoms in total. The molecular weight excluding hydrogens is 311 g/mol. The van der Waals surface area contributed by atoms with Crippen molar-refractivity contribution in [3.63, 3.8) is 0 Å². The summed E-state index contributed by atoms with van der Waals surface area (Å²) in [5.74, 6) is 0.0385. The summed E-state index contributed by atoms with van der Waals surface area (Å²) in [6.07, 6.45) is 3.35. The van der Waals surface area contributed by atoms with Crippen molar-refractivity contribution in [3.8, 4) is 0 Å². The largest absolute Gasteiger partial charge is 0.448 e. The van der Waals surface area contributed by atoms with Gasteiger partial charge in [0.05, 0.1) is 0 Å². The van der Waals surface area contributed by atoms with Crippen molar-refractivity contribution in [3.05, 3.63) is 53.5 Å². The molecule has 1 amide bonds. The van der Waals surface area contributed by atoms with E-state index < -0.39 is 0 Å². The van der Waals surface area contributed by atoms with Crippen LogP contribution in [0.1, 0.15) is 41.6 Å². The lowest BCUT2D eigenvalue weighted by Gasteiger charge is -2.37. The Bertz CT molecular complexity index is 708. The zero-order valence-electron chi connectivity index (χ0n) is 13.7. The zero-order chi connectivity index (χ0) is 17.0. The van der Waals surface area contributed by atoms with E-state index >= 15 is 0 Å². The van der Waals surface area contributed by atoms with E-state index in [4.69, 9.17) is 9.15 Å². The van der Waals surface area contributed by atoms with Gasteiger partial charge < -0.3 is 14.5 Å². The average molecular weight is 332 g/mol. The van der Waals surface area contributed by atoms with Gasteiger partial charge in [-0.1, -0.05) is 19.1 Å². The Balaban J connectivity index is 1.79. The van der Waals surface area contributed by atoms with Crippen LogP contribution in [-0.4, -0.2) is 30.6 Å². The van der Waals surface area contributed by atoms with Gasteiger partial charge >= 0.3 is 0 Å². The molecule has 1 aromatic carbocycles. The molecule has 1 fully saturated rings. The standard InChI is InChI=1S/C18H21FN2O3/c1-2-15-16(21-12-24-15)17(22)20-11-18(6-8-23-9-7-18)13-4-3-5-14(19)10-13/h3-5,10,12H,2,6-9,11H2,1H3,(H,20,22). The molecule has 0 bridgehead atoms. The minimum absolute atomic E-state index is 0.261. The molecule has 0 aliphatic carbocycles. The van der Waals surface area contributed by atoms with E-state index in [1.165, 1.54) is 12.5 Å². The number of amides is 1. The molecule has 1 saturated heterocycles. The first-order valence-electron chi connectivity index (χ1n) is 8.19. The van der Waals surface area contributed by atoms with Crippen molar-refractivity contribution in [2.24, 2.45) is 0 Å². The first-order chi connectivity index (χ1) is 11.6. The topological polar surface area (TPSA) is 64.4 Å². The van der Waals surface area contributed by atoms with Gasteiger partial charge in [0, 0.05) is 31.6 Å². The minimum atomic E-state index is -0.327. The molecular formula is C18H21FN2O3. The van der Waals surface area contributed by atoms with Gasteiger partial charge in [-0.25, -0.2) is 9.37 Å². The number of carbonyl (C=O) groups is 1. The number of halogens is 1. The fraction of sp³-hybridized carbons (Fsp3) is 0.444. The summed E-state index contributed by atoms with van der Waals surface area (Å²) in [5, 5.41) is 2.95. The van der Waals surface area contributed by atoms with Gasteiger partial charge in [-0.3, -0.25) is 4.79 Å². The molecule has 0 radical (unpaired) electrons. The van der Waals surface area contributed by atoms with Crippen molar-refractivity contribution in [1.82, 2.24) is 10.3 Å². The van der Waals surface area contributed by atoms with Crippen LogP contribution < -0.4 is 5.32 Å². The quantitative estimate of drug-likeness (QED) is 0.914. The molecule has 2 heterocycles. The second kappa shape index (κ2) is 7.13. The van der Waals surface area contributed by atoms with E-state index in [1.807, 2.05) is 13.0 Å². The first-order valence-corrected chi connectivity index (χ1v) is 8.19. The van der Waals surface area contributed by atoms with Gasteiger partial charge in [-0.2, -0.15) is 0 Å². The summed E-state index contributed by atoms with van der Waals surface area (Å²) < 4.78 is 24.3. The highest BCUT2D eigenvalue weighted by Gasteiger charge is 2.35. The average Bonchev–Trinajstić information content (AvgIpc) is 3.09. The second-order valence-corrected chi connectivity index (χ2v) is 6.06. The number of nitrogens with zero attached hydrogens (tertiary/aromatic N) is 1. The van der Waals surface area contributed by atoms with E-state index in [9.17, 15) is 9.18 Å². The molecule has 0 unspecified atom stereocenters. The highest BCUT2D eigenvalue weighted by Crippen LogP contribution is 2.34. The highest BCUT2D eigenvalue weighted by molar-refractivity contribution is 5.93. The van der Waals surface area contributed by atoms with Crippen molar-refractivity contribution in [2.45, 2.75) is 31.6 Å². The maximum Gasteiger partial charge on any atom is 0.273 e. The van der Waals surface area contributed by atoms with Crippen LogP contribution in [0, 0.1) is 5.82 Å². The van der Waals surface area contributed by atoms with Crippen LogP contribution in [0.2, 0.25) is 0 Å². The Morgan fingerprint density at radius 2 is 2.17 bits per heavy atom.